The molecule has 180 valence electrons. The summed E-state index contributed by atoms with van der Waals surface area (Å²) in [5.41, 5.74) is 15.5. The number of thiol groups is 1. The SMILES string of the molecule is Sc1cc(-c2ccc3c4c(cccc24)-c2ccccc2-3)cc(-c2ccc3c4c(cccc24)-c2ccccc2-3)c1. The number of hydrogen-bond donors (Lipinski definition) is 1. The van der Waals surface area contributed by atoms with Gasteiger partial charge in [0.1, 0.15) is 0 Å². The summed E-state index contributed by atoms with van der Waals surface area (Å²) in [6.45, 7) is 0. The van der Waals surface area contributed by atoms with Gasteiger partial charge in [0.2, 0.25) is 0 Å². The van der Waals surface area contributed by atoms with Crippen LogP contribution in [0.1, 0.15) is 0 Å². The lowest BCUT2D eigenvalue weighted by Crippen LogP contribution is -1.88. The molecule has 0 bridgehead atoms. The van der Waals surface area contributed by atoms with Crippen molar-refractivity contribution >= 4 is 34.2 Å². The Kier molecular flexibility index (Phi) is 4.23. The Hall–Kier alpha value is -4.59. The van der Waals surface area contributed by atoms with Gasteiger partial charge in [0.15, 0.2) is 0 Å². The van der Waals surface area contributed by atoms with E-state index in [9.17, 15) is 0 Å². The van der Waals surface area contributed by atoms with Crippen molar-refractivity contribution in [1.82, 2.24) is 0 Å². The maximum Gasteiger partial charge on any atom is 0.00523 e. The number of rotatable bonds is 2. The molecule has 9 rings (SSSR count). The third-order valence-electron chi connectivity index (χ3n) is 8.64. The first kappa shape index (κ1) is 21.4. The first-order chi connectivity index (χ1) is 19.3. The topological polar surface area (TPSA) is 0 Å². The van der Waals surface area contributed by atoms with Crippen LogP contribution in [0.3, 0.4) is 0 Å². The molecule has 0 aliphatic heterocycles. The maximum atomic E-state index is 4.90. The van der Waals surface area contributed by atoms with Gasteiger partial charge in [0.25, 0.3) is 0 Å². The molecule has 7 aromatic carbocycles. The second kappa shape index (κ2) is 7.72. The van der Waals surface area contributed by atoms with Gasteiger partial charge in [-0.05, 0) is 107 Å². The van der Waals surface area contributed by atoms with Crippen molar-refractivity contribution in [2.45, 2.75) is 4.90 Å². The fourth-order valence-corrected chi connectivity index (χ4v) is 7.32. The summed E-state index contributed by atoms with van der Waals surface area (Å²) in [6, 6.07) is 46.9. The number of fused-ring (bicyclic) bond motifs is 6. The molecule has 0 radical (unpaired) electrons. The van der Waals surface area contributed by atoms with E-state index >= 15 is 0 Å². The van der Waals surface area contributed by atoms with Crippen molar-refractivity contribution in [2.24, 2.45) is 0 Å². The molecule has 0 amide bonds. The fraction of sp³-hybridized carbons (Fsp3) is 0. The van der Waals surface area contributed by atoms with Crippen LogP contribution in [0.5, 0.6) is 0 Å². The van der Waals surface area contributed by atoms with Crippen LogP contribution in [0, 0.1) is 0 Å². The highest BCUT2D eigenvalue weighted by Crippen LogP contribution is 2.51. The zero-order chi connectivity index (χ0) is 25.7. The van der Waals surface area contributed by atoms with Crippen molar-refractivity contribution in [3.05, 3.63) is 127 Å². The Labute approximate surface area is 232 Å². The van der Waals surface area contributed by atoms with Gasteiger partial charge < -0.3 is 0 Å². The first-order valence-electron chi connectivity index (χ1n) is 13.4. The Morgan fingerprint density at radius 1 is 0.308 bits per heavy atom. The van der Waals surface area contributed by atoms with Gasteiger partial charge in [-0.3, -0.25) is 0 Å². The third kappa shape index (κ3) is 2.86. The minimum absolute atomic E-state index is 0.973. The van der Waals surface area contributed by atoms with Crippen LogP contribution in [0.2, 0.25) is 0 Å². The standard InChI is InChI=1S/C38H22S/c39-24-20-22(25-15-17-35-29-9-3-1-7-27(29)33-13-5-11-31(25)37(33)35)19-23(21-24)26-16-18-36-30-10-4-2-8-28(30)34-14-6-12-32(26)38(34)36/h1-21,39H. The first-order valence-corrected chi connectivity index (χ1v) is 13.9. The van der Waals surface area contributed by atoms with E-state index in [1.165, 1.54) is 88.3 Å². The van der Waals surface area contributed by atoms with E-state index < -0.39 is 0 Å². The van der Waals surface area contributed by atoms with E-state index in [-0.39, 0.29) is 0 Å². The van der Waals surface area contributed by atoms with E-state index in [2.05, 4.69) is 127 Å². The normalized spacial score (nSPS) is 12.2. The van der Waals surface area contributed by atoms with Crippen LogP contribution in [-0.4, -0.2) is 0 Å². The number of hydrogen-bond acceptors (Lipinski definition) is 1. The average molecular weight is 511 g/mol. The highest BCUT2D eigenvalue weighted by Gasteiger charge is 2.24. The Balaban J connectivity index is 1.27. The highest BCUT2D eigenvalue weighted by molar-refractivity contribution is 7.80. The second-order valence-corrected chi connectivity index (χ2v) is 11.2. The summed E-state index contributed by atoms with van der Waals surface area (Å²) in [7, 11) is 0. The monoisotopic (exact) mass is 510 g/mol. The van der Waals surface area contributed by atoms with Crippen molar-refractivity contribution in [2.75, 3.05) is 0 Å². The van der Waals surface area contributed by atoms with Crippen molar-refractivity contribution in [1.29, 1.82) is 0 Å². The average Bonchev–Trinajstić information content (AvgIpc) is 3.49. The lowest BCUT2D eigenvalue weighted by Gasteiger charge is -2.14. The molecule has 7 aromatic rings. The van der Waals surface area contributed by atoms with E-state index in [1.807, 2.05) is 0 Å². The van der Waals surface area contributed by atoms with Crippen molar-refractivity contribution in [3.63, 3.8) is 0 Å². The summed E-state index contributed by atoms with van der Waals surface area (Å²) in [5.74, 6) is 0. The molecular formula is C38H22S. The van der Waals surface area contributed by atoms with Crippen LogP contribution in [0.25, 0.3) is 88.3 Å². The summed E-state index contributed by atoms with van der Waals surface area (Å²) in [5, 5.41) is 5.29. The van der Waals surface area contributed by atoms with Gasteiger partial charge in [-0.1, -0.05) is 109 Å². The summed E-state index contributed by atoms with van der Waals surface area (Å²) in [6.07, 6.45) is 0. The molecular weight excluding hydrogens is 488 g/mol. The van der Waals surface area contributed by atoms with Crippen LogP contribution < -0.4 is 0 Å². The maximum absolute atomic E-state index is 4.90. The molecule has 0 fully saturated rings. The van der Waals surface area contributed by atoms with Crippen LogP contribution in [0.4, 0.5) is 0 Å². The summed E-state index contributed by atoms with van der Waals surface area (Å²) in [4.78, 5) is 0.973. The molecule has 0 atom stereocenters. The minimum Gasteiger partial charge on any atom is -0.143 e. The van der Waals surface area contributed by atoms with Gasteiger partial charge >= 0.3 is 0 Å². The largest absolute Gasteiger partial charge is 0.143 e. The molecule has 39 heavy (non-hydrogen) atoms. The molecule has 2 aliphatic rings. The Morgan fingerprint density at radius 3 is 1.10 bits per heavy atom. The van der Waals surface area contributed by atoms with Crippen LogP contribution >= 0.6 is 12.6 Å². The molecule has 1 heteroatoms. The van der Waals surface area contributed by atoms with Gasteiger partial charge in [-0.25, -0.2) is 0 Å². The fourth-order valence-electron chi connectivity index (χ4n) is 7.04. The smallest absolute Gasteiger partial charge is 0.00523 e. The molecule has 0 N–H and O–H groups in total. The van der Waals surface area contributed by atoms with Gasteiger partial charge in [-0.15, -0.1) is 12.6 Å². The molecule has 0 unspecified atom stereocenters. The number of benzene rings is 7. The summed E-state index contributed by atoms with van der Waals surface area (Å²) < 4.78 is 0. The van der Waals surface area contributed by atoms with Crippen molar-refractivity contribution < 1.29 is 0 Å². The molecule has 0 nitrogen and oxygen atoms in total. The lowest BCUT2D eigenvalue weighted by atomic mass is 9.90. The van der Waals surface area contributed by atoms with E-state index in [0.717, 1.165) is 4.90 Å². The Morgan fingerprint density at radius 2 is 0.667 bits per heavy atom. The van der Waals surface area contributed by atoms with E-state index in [4.69, 9.17) is 12.6 Å². The van der Waals surface area contributed by atoms with Crippen LogP contribution in [-0.2, 0) is 0 Å². The molecule has 0 saturated heterocycles. The minimum atomic E-state index is 0.973. The molecule has 0 spiro atoms. The van der Waals surface area contributed by atoms with Gasteiger partial charge in [0.05, 0.1) is 0 Å². The van der Waals surface area contributed by atoms with Gasteiger partial charge in [0, 0.05) is 4.90 Å². The Bertz CT molecular complexity index is 1970. The molecule has 0 heterocycles. The highest BCUT2D eigenvalue weighted by atomic mass is 32.1. The predicted octanol–water partition coefficient (Wildman–Crippen LogP) is 10.9. The third-order valence-corrected chi connectivity index (χ3v) is 8.89. The quantitative estimate of drug-likeness (QED) is 0.220. The zero-order valence-electron chi connectivity index (χ0n) is 21.1. The lowest BCUT2D eigenvalue weighted by molar-refractivity contribution is 1.47. The van der Waals surface area contributed by atoms with Crippen molar-refractivity contribution in [3.8, 4) is 66.8 Å². The molecule has 2 aliphatic carbocycles. The van der Waals surface area contributed by atoms with E-state index in [1.54, 1.807) is 0 Å². The molecule has 0 aromatic heterocycles. The molecule has 0 saturated carbocycles. The zero-order valence-corrected chi connectivity index (χ0v) is 22.0. The second-order valence-electron chi connectivity index (χ2n) is 10.6. The predicted molar refractivity (Wildman–Crippen MR) is 168 cm³/mol. The van der Waals surface area contributed by atoms with Crippen LogP contribution in [0.15, 0.2) is 132 Å². The van der Waals surface area contributed by atoms with Gasteiger partial charge in [-0.2, -0.15) is 0 Å². The van der Waals surface area contributed by atoms with E-state index in [0.29, 0.717) is 0 Å². The summed E-state index contributed by atoms with van der Waals surface area (Å²) >= 11 is 4.90.